The fourth-order valence-electron chi connectivity index (χ4n) is 3.07. The standard InChI is InChI=1S/C12H14N2O3/c15-12(16)14-9-2-4-11(14)8(7-9)1-3-10-5-6-13-17-10/h1,3,5-6,8-9,11H,2,4,7H2,(H,15,16). The van der Waals surface area contributed by atoms with Crippen molar-refractivity contribution in [2.75, 3.05) is 0 Å². The van der Waals surface area contributed by atoms with Crippen LogP contribution < -0.4 is 0 Å². The molecule has 3 atom stereocenters. The van der Waals surface area contributed by atoms with Crippen LogP contribution in [-0.2, 0) is 0 Å². The minimum atomic E-state index is -0.784. The van der Waals surface area contributed by atoms with Crippen LogP contribution in [0.3, 0.4) is 0 Å². The smallest absolute Gasteiger partial charge is 0.407 e. The van der Waals surface area contributed by atoms with E-state index < -0.39 is 6.09 Å². The third-order valence-corrected chi connectivity index (χ3v) is 3.77. The quantitative estimate of drug-likeness (QED) is 0.852. The minimum Gasteiger partial charge on any atom is -0.465 e. The molecule has 2 aliphatic rings. The summed E-state index contributed by atoms with van der Waals surface area (Å²) in [7, 11) is 0. The first kappa shape index (κ1) is 10.4. The van der Waals surface area contributed by atoms with Gasteiger partial charge in [-0.15, -0.1) is 0 Å². The number of hydrogen-bond donors (Lipinski definition) is 1. The minimum absolute atomic E-state index is 0.150. The van der Waals surface area contributed by atoms with Crippen molar-refractivity contribution in [3.63, 3.8) is 0 Å². The van der Waals surface area contributed by atoms with Gasteiger partial charge in [0.25, 0.3) is 0 Å². The maximum Gasteiger partial charge on any atom is 0.407 e. The van der Waals surface area contributed by atoms with Crippen LogP contribution >= 0.6 is 0 Å². The van der Waals surface area contributed by atoms with Crippen LogP contribution in [0.15, 0.2) is 22.9 Å². The van der Waals surface area contributed by atoms with Crippen LogP contribution in [0.25, 0.3) is 6.08 Å². The Morgan fingerprint density at radius 3 is 3.12 bits per heavy atom. The van der Waals surface area contributed by atoms with Gasteiger partial charge < -0.3 is 14.5 Å². The van der Waals surface area contributed by atoms with Crippen LogP contribution in [0.5, 0.6) is 0 Å². The van der Waals surface area contributed by atoms with E-state index in [0.717, 1.165) is 25.0 Å². The van der Waals surface area contributed by atoms with Gasteiger partial charge in [0.2, 0.25) is 0 Å². The average Bonchev–Trinajstić information content (AvgIpc) is 3.01. The second kappa shape index (κ2) is 3.91. The molecule has 1 aromatic heterocycles. The van der Waals surface area contributed by atoms with Gasteiger partial charge in [0.05, 0.1) is 6.20 Å². The predicted molar refractivity (Wildman–Crippen MR) is 60.3 cm³/mol. The highest BCUT2D eigenvalue weighted by molar-refractivity contribution is 5.67. The van der Waals surface area contributed by atoms with E-state index >= 15 is 0 Å². The lowest BCUT2D eigenvalue weighted by Crippen LogP contribution is -2.34. The van der Waals surface area contributed by atoms with Crippen molar-refractivity contribution in [2.45, 2.75) is 31.3 Å². The fraction of sp³-hybridized carbons (Fsp3) is 0.500. The third kappa shape index (κ3) is 1.71. The summed E-state index contributed by atoms with van der Waals surface area (Å²) in [5.41, 5.74) is 0. The molecular formula is C12H14N2O3. The molecular weight excluding hydrogens is 220 g/mol. The maximum absolute atomic E-state index is 11.1. The van der Waals surface area contributed by atoms with Crippen molar-refractivity contribution < 1.29 is 14.4 Å². The number of carbonyl (C=O) groups is 1. The SMILES string of the molecule is O=C(O)N1C2CCC1C(C=Cc1ccno1)C2. The van der Waals surface area contributed by atoms with Gasteiger partial charge in [-0.05, 0) is 31.3 Å². The number of carboxylic acid groups (broad SMARTS) is 1. The highest BCUT2D eigenvalue weighted by Crippen LogP contribution is 2.42. The highest BCUT2D eigenvalue weighted by Gasteiger charge is 2.47. The first-order valence-electron chi connectivity index (χ1n) is 5.86. The molecule has 5 nitrogen and oxygen atoms in total. The predicted octanol–water partition coefficient (Wildman–Crippen LogP) is 2.22. The van der Waals surface area contributed by atoms with Gasteiger partial charge >= 0.3 is 6.09 Å². The van der Waals surface area contributed by atoms with Gasteiger partial charge in [-0.25, -0.2) is 4.79 Å². The second-order valence-corrected chi connectivity index (χ2v) is 4.66. The first-order chi connectivity index (χ1) is 8.25. The lowest BCUT2D eigenvalue weighted by Gasteiger charge is -2.19. The number of aromatic nitrogens is 1. The number of rotatable bonds is 2. The van der Waals surface area contributed by atoms with E-state index in [4.69, 9.17) is 9.63 Å². The molecule has 0 radical (unpaired) electrons. The van der Waals surface area contributed by atoms with Gasteiger partial charge in [0.15, 0.2) is 5.76 Å². The van der Waals surface area contributed by atoms with Gasteiger partial charge in [0, 0.05) is 18.2 Å². The van der Waals surface area contributed by atoms with Crippen molar-refractivity contribution in [2.24, 2.45) is 5.92 Å². The molecule has 2 fully saturated rings. The Hall–Kier alpha value is -1.78. The van der Waals surface area contributed by atoms with Crippen LogP contribution in [0.1, 0.15) is 25.0 Å². The molecule has 5 heteroatoms. The van der Waals surface area contributed by atoms with Crippen LogP contribution in [0.2, 0.25) is 0 Å². The van der Waals surface area contributed by atoms with Crippen LogP contribution in [0, 0.1) is 5.92 Å². The number of amides is 1. The first-order valence-corrected chi connectivity index (χ1v) is 5.86. The number of hydrogen-bond acceptors (Lipinski definition) is 3. The molecule has 1 aromatic rings. The summed E-state index contributed by atoms with van der Waals surface area (Å²) in [6.07, 6.45) is 7.67. The largest absolute Gasteiger partial charge is 0.465 e. The maximum atomic E-state index is 11.1. The van der Waals surface area contributed by atoms with E-state index in [2.05, 4.69) is 11.2 Å². The van der Waals surface area contributed by atoms with E-state index in [1.165, 1.54) is 0 Å². The van der Waals surface area contributed by atoms with E-state index in [1.54, 1.807) is 17.2 Å². The molecule has 2 saturated heterocycles. The van der Waals surface area contributed by atoms with Crippen molar-refractivity contribution in [1.29, 1.82) is 0 Å². The molecule has 0 saturated carbocycles. The molecule has 17 heavy (non-hydrogen) atoms. The topological polar surface area (TPSA) is 66.6 Å². The molecule has 1 N–H and O–H groups in total. The summed E-state index contributed by atoms with van der Waals surface area (Å²) in [5.74, 6) is 1.03. The molecule has 3 rings (SSSR count). The van der Waals surface area contributed by atoms with E-state index in [1.807, 2.05) is 6.08 Å². The molecule has 0 aromatic carbocycles. The Morgan fingerprint density at radius 1 is 1.59 bits per heavy atom. The molecule has 90 valence electrons. The zero-order valence-corrected chi connectivity index (χ0v) is 9.32. The average molecular weight is 234 g/mol. The molecule has 1 amide bonds. The summed E-state index contributed by atoms with van der Waals surface area (Å²) in [5, 5.41) is 12.8. The second-order valence-electron chi connectivity index (χ2n) is 4.66. The number of nitrogens with zero attached hydrogens (tertiary/aromatic N) is 2. The highest BCUT2D eigenvalue weighted by atomic mass is 16.5. The molecule has 2 aliphatic heterocycles. The monoisotopic (exact) mass is 234 g/mol. The Bertz CT molecular complexity index is 441. The molecule has 0 aliphatic carbocycles. The van der Waals surface area contributed by atoms with Crippen molar-refractivity contribution in [1.82, 2.24) is 10.1 Å². The fourth-order valence-corrected chi connectivity index (χ4v) is 3.07. The summed E-state index contributed by atoms with van der Waals surface area (Å²) in [4.78, 5) is 12.7. The Balaban J connectivity index is 1.73. The van der Waals surface area contributed by atoms with Gasteiger partial charge in [0.1, 0.15) is 0 Å². The van der Waals surface area contributed by atoms with Crippen molar-refractivity contribution in [3.8, 4) is 0 Å². The van der Waals surface area contributed by atoms with Crippen LogP contribution in [0.4, 0.5) is 4.79 Å². The van der Waals surface area contributed by atoms with Crippen molar-refractivity contribution in [3.05, 3.63) is 24.1 Å². The summed E-state index contributed by atoms with van der Waals surface area (Å²) in [6, 6.07) is 2.15. The summed E-state index contributed by atoms with van der Waals surface area (Å²) in [6.45, 7) is 0. The lowest BCUT2D eigenvalue weighted by molar-refractivity contribution is 0.137. The lowest BCUT2D eigenvalue weighted by atomic mass is 9.89. The zero-order chi connectivity index (χ0) is 11.8. The third-order valence-electron chi connectivity index (χ3n) is 3.77. The molecule has 3 unspecified atom stereocenters. The van der Waals surface area contributed by atoms with Crippen LogP contribution in [-0.4, -0.2) is 33.3 Å². The van der Waals surface area contributed by atoms with E-state index in [0.29, 0.717) is 5.92 Å². The van der Waals surface area contributed by atoms with Gasteiger partial charge in [-0.1, -0.05) is 11.2 Å². The number of fused-ring (bicyclic) bond motifs is 2. The molecule has 3 heterocycles. The Kier molecular flexibility index (Phi) is 2.39. The molecule has 2 bridgehead atoms. The Morgan fingerprint density at radius 2 is 2.47 bits per heavy atom. The molecule has 0 spiro atoms. The van der Waals surface area contributed by atoms with Crippen molar-refractivity contribution >= 4 is 12.2 Å². The van der Waals surface area contributed by atoms with Gasteiger partial charge in [-0.2, -0.15) is 0 Å². The normalized spacial score (nSPS) is 31.5. The van der Waals surface area contributed by atoms with E-state index in [-0.39, 0.29) is 12.1 Å². The van der Waals surface area contributed by atoms with E-state index in [9.17, 15) is 4.79 Å². The van der Waals surface area contributed by atoms with Gasteiger partial charge in [-0.3, -0.25) is 0 Å². The zero-order valence-electron chi connectivity index (χ0n) is 9.32. The Labute approximate surface area is 98.7 Å². The summed E-state index contributed by atoms with van der Waals surface area (Å²) >= 11 is 0. The summed E-state index contributed by atoms with van der Waals surface area (Å²) < 4.78 is 4.98.